The lowest BCUT2D eigenvalue weighted by atomic mass is 10.0. The topological polar surface area (TPSA) is 38.3 Å². The molecule has 1 saturated carbocycles. The number of carbonyl (C=O) groups excluding carboxylic acids is 1. The van der Waals surface area contributed by atoms with E-state index in [2.05, 4.69) is 5.32 Å². The Kier molecular flexibility index (Phi) is 6.90. The maximum Gasteiger partial charge on any atom is 0.308 e. The molecule has 2 fully saturated rings. The molecule has 17 heavy (non-hydrogen) atoms. The van der Waals surface area contributed by atoms with E-state index in [1.165, 1.54) is 32.1 Å². The zero-order valence-electron chi connectivity index (χ0n) is 10.5. The van der Waals surface area contributed by atoms with Crippen molar-refractivity contribution < 1.29 is 9.53 Å². The molecule has 1 heterocycles. The molecule has 0 radical (unpaired) electrons. The Bertz CT molecular complexity index is 223. The van der Waals surface area contributed by atoms with E-state index in [4.69, 9.17) is 4.74 Å². The number of halogens is 1. The summed E-state index contributed by atoms with van der Waals surface area (Å²) in [5.74, 6) is 0.257. The quantitative estimate of drug-likeness (QED) is 0.791. The zero-order chi connectivity index (χ0) is 11.2. The number of rotatable bonds is 4. The standard InChI is InChI=1S/C13H23NO2.ClH/c15-13(11-5-1-2-6-11)16-10-8-12-7-3-4-9-14-12;/h11-12,14H,1-10H2;1H. The zero-order valence-corrected chi connectivity index (χ0v) is 11.3. The van der Waals surface area contributed by atoms with Gasteiger partial charge in [0.15, 0.2) is 0 Å². The van der Waals surface area contributed by atoms with Crippen LogP contribution in [0.15, 0.2) is 0 Å². The highest BCUT2D eigenvalue weighted by Crippen LogP contribution is 2.25. The van der Waals surface area contributed by atoms with Gasteiger partial charge >= 0.3 is 5.97 Å². The molecule has 1 aliphatic heterocycles. The maximum atomic E-state index is 11.6. The highest BCUT2D eigenvalue weighted by atomic mass is 35.5. The molecule has 0 spiro atoms. The Morgan fingerprint density at radius 3 is 2.47 bits per heavy atom. The molecule has 1 saturated heterocycles. The fourth-order valence-corrected chi connectivity index (χ4v) is 2.75. The summed E-state index contributed by atoms with van der Waals surface area (Å²) >= 11 is 0. The SMILES string of the molecule is Cl.O=C(OCCC1CCCCN1)C1CCCC1. The first-order valence-electron chi connectivity index (χ1n) is 6.76. The van der Waals surface area contributed by atoms with Crippen molar-refractivity contribution >= 4 is 18.4 Å². The van der Waals surface area contributed by atoms with E-state index in [1.54, 1.807) is 0 Å². The van der Waals surface area contributed by atoms with Gasteiger partial charge in [0.05, 0.1) is 12.5 Å². The second kappa shape index (κ2) is 7.93. The first-order chi connectivity index (χ1) is 7.86. The summed E-state index contributed by atoms with van der Waals surface area (Å²) < 4.78 is 5.35. The van der Waals surface area contributed by atoms with Crippen LogP contribution in [0.25, 0.3) is 0 Å². The minimum absolute atomic E-state index is 0. The van der Waals surface area contributed by atoms with Gasteiger partial charge in [-0.1, -0.05) is 19.3 Å². The molecular formula is C13H24ClNO2. The van der Waals surface area contributed by atoms with E-state index in [1.807, 2.05) is 0 Å². The van der Waals surface area contributed by atoms with Crippen LogP contribution in [0.3, 0.4) is 0 Å². The average Bonchev–Trinajstić information content (AvgIpc) is 2.84. The molecule has 0 aromatic heterocycles. The fourth-order valence-electron chi connectivity index (χ4n) is 2.75. The molecule has 3 nitrogen and oxygen atoms in total. The van der Waals surface area contributed by atoms with Gasteiger partial charge in [0.1, 0.15) is 0 Å². The minimum atomic E-state index is 0. The minimum Gasteiger partial charge on any atom is -0.465 e. The lowest BCUT2D eigenvalue weighted by Crippen LogP contribution is -2.35. The van der Waals surface area contributed by atoms with E-state index in [0.29, 0.717) is 12.6 Å². The monoisotopic (exact) mass is 261 g/mol. The summed E-state index contributed by atoms with van der Waals surface area (Å²) in [4.78, 5) is 11.6. The Balaban J connectivity index is 0.00000144. The highest BCUT2D eigenvalue weighted by Gasteiger charge is 2.24. The maximum absolute atomic E-state index is 11.6. The molecule has 0 bridgehead atoms. The van der Waals surface area contributed by atoms with Gasteiger partial charge in [0.2, 0.25) is 0 Å². The smallest absolute Gasteiger partial charge is 0.308 e. The van der Waals surface area contributed by atoms with Gasteiger partial charge in [-0.25, -0.2) is 0 Å². The molecular weight excluding hydrogens is 238 g/mol. The molecule has 2 rings (SSSR count). The number of ether oxygens (including phenoxy) is 1. The Labute approximate surface area is 110 Å². The number of hydrogen-bond donors (Lipinski definition) is 1. The molecule has 100 valence electrons. The summed E-state index contributed by atoms with van der Waals surface area (Å²) in [6, 6.07) is 0.574. The van der Waals surface area contributed by atoms with Gasteiger partial charge in [0, 0.05) is 6.04 Å². The predicted molar refractivity (Wildman–Crippen MR) is 70.4 cm³/mol. The average molecular weight is 262 g/mol. The first kappa shape index (κ1) is 14.8. The van der Waals surface area contributed by atoms with Gasteiger partial charge in [0.25, 0.3) is 0 Å². The van der Waals surface area contributed by atoms with Crippen molar-refractivity contribution in [2.45, 2.75) is 57.4 Å². The molecule has 2 aliphatic rings. The molecule has 1 aliphatic carbocycles. The third-order valence-corrected chi connectivity index (χ3v) is 3.81. The van der Waals surface area contributed by atoms with Gasteiger partial charge in [-0.05, 0) is 38.6 Å². The van der Waals surface area contributed by atoms with Crippen LogP contribution in [0.2, 0.25) is 0 Å². The Hall–Kier alpha value is -0.280. The molecule has 0 aromatic carbocycles. The molecule has 1 atom stereocenters. The summed E-state index contributed by atoms with van der Waals surface area (Å²) in [6.07, 6.45) is 9.31. The number of carbonyl (C=O) groups is 1. The summed E-state index contributed by atoms with van der Waals surface area (Å²) in [6.45, 7) is 1.73. The normalized spacial score (nSPS) is 25.3. The van der Waals surface area contributed by atoms with Crippen LogP contribution >= 0.6 is 12.4 Å². The van der Waals surface area contributed by atoms with Crippen molar-refractivity contribution in [3.05, 3.63) is 0 Å². The van der Waals surface area contributed by atoms with Gasteiger partial charge in [-0.2, -0.15) is 0 Å². The number of hydrogen-bond acceptors (Lipinski definition) is 3. The Morgan fingerprint density at radius 1 is 1.12 bits per heavy atom. The summed E-state index contributed by atoms with van der Waals surface area (Å²) in [5, 5.41) is 3.47. The summed E-state index contributed by atoms with van der Waals surface area (Å²) in [5.41, 5.74) is 0. The van der Waals surface area contributed by atoms with Crippen LogP contribution in [0.5, 0.6) is 0 Å². The van der Waals surface area contributed by atoms with Crippen molar-refractivity contribution in [3.8, 4) is 0 Å². The lowest BCUT2D eigenvalue weighted by Gasteiger charge is -2.23. The Morgan fingerprint density at radius 2 is 1.82 bits per heavy atom. The second-order valence-electron chi connectivity index (χ2n) is 5.08. The van der Waals surface area contributed by atoms with Crippen LogP contribution in [0, 0.1) is 5.92 Å². The van der Waals surface area contributed by atoms with Crippen LogP contribution in [0.1, 0.15) is 51.4 Å². The third-order valence-electron chi connectivity index (χ3n) is 3.81. The largest absolute Gasteiger partial charge is 0.465 e. The van der Waals surface area contributed by atoms with Gasteiger partial charge in [-0.3, -0.25) is 4.79 Å². The third kappa shape index (κ3) is 4.84. The first-order valence-corrected chi connectivity index (χ1v) is 6.76. The van der Waals surface area contributed by atoms with Crippen molar-refractivity contribution in [1.29, 1.82) is 0 Å². The van der Waals surface area contributed by atoms with Crippen molar-refractivity contribution in [3.63, 3.8) is 0 Å². The number of esters is 1. The number of nitrogens with one attached hydrogen (secondary N) is 1. The van der Waals surface area contributed by atoms with E-state index >= 15 is 0 Å². The fraction of sp³-hybridized carbons (Fsp3) is 0.923. The van der Waals surface area contributed by atoms with Crippen LogP contribution in [-0.4, -0.2) is 25.2 Å². The molecule has 0 amide bonds. The molecule has 1 N–H and O–H groups in total. The predicted octanol–water partition coefficient (Wildman–Crippen LogP) is 2.67. The van der Waals surface area contributed by atoms with Crippen molar-refractivity contribution in [2.75, 3.05) is 13.2 Å². The summed E-state index contributed by atoms with van der Waals surface area (Å²) in [7, 11) is 0. The van der Waals surface area contributed by atoms with Gasteiger partial charge < -0.3 is 10.1 Å². The molecule has 4 heteroatoms. The van der Waals surface area contributed by atoms with Crippen LogP contribution in [-0.2, 0) is 9.53 Å². The van der Waals surface area contributed by atoms with Crippen molar-refractivity contribution in [2.24, 2.45) is 5.92 Å². The van der Waals surface area contributed by atoms with Crippen LogP contribution < -0.4 is 5.32 Å². The van der Waals surface area contributed by atoms with E-state index < -0.39 is 0 Å². The van der Waals surface area contributed by atoms with Gasteiger partial charge in [-0.15, -0.1) is 12.4 Å². The molecule has 1 unspecified atom stereocenters. The lowest BCUT2D eigenvalue weighted by molar-refractivity contribution is -0.148. The molecule has 0 aromatic rings. The highest BCUT2D eigenvalue weighted by molar-refractivity contribution is 5.85. The van der Waals surface area contributed by atoms with E-state index in [0.717, 1.165) is 25.8 Å². The van der Waals surface area contributed by atoms with Crippen molar-refractivity contribution in [1.82, 2.24) is 5.32 Å². The second-order valence-corrected chi connectivity index (χ2v) is 5.08. The van der Waals surface area contributed by atoms with E-state index in [9.17, 15) is 4.79 Å². The van der Waals surface area contributed by atoms with E-state index in [-0.39, 0.29) is 24.3 Å². The number of piperidine rings is 1. The van der Waals surface area contributed by atoms with Crippen LogP contribution in [0.4, 0.5) is 0 Å².